The molecule has 0 aromatic carbocycles. The predicted molar refractivity (Wildman–Crippen MR) is 79.1 cm³/mol. The Morgan fingerprint density at radius 2 is 1.53 bits per heavy atom. The molecule has 0 radical (unpaired) electrons. The van der Waals surface area contributed by atoms with Gasteiger partial charge in [-0.2, -0.15) is 0 Å². The predicted octanol–water partition coefficient (Wildman–Crippen LogP) is 4.20. The van der Waals surface area contributed by atoms with Crippen LogP contribution in [0.3, 0.4) is 0 Å². The van der Waals surface area contributed by atoms with Crippen LogP contribution in [0, 0.1) is 0 Å². The van der Waals surface area contributed by atoms with Gasteiger partial charge in [0.15, 0.2) is 0 Å². The first kappa shape index (κ1) is 16.6. The zero-order chi connectivity index (χ0) is 12.6. The molecular formula is C15H32N2. The minimum atomic E-state index is 0.999. The van der Waals surface area contributed by atoms with Crippen molar-refractivity contribution < 1.29 is 0 Å². The first-order valence-electron chi connectivity index (χ1n) is 7.60. The molecule has 0 amide bonds. The van der Waals surface area contributed by atoms with E-state index in [-0.39, 0.29) is 0 Å². The van der Waals surface area contributed by atoms with Crippen LogP contribution in [0.4, 0.5) is 0 Å². The van der Waals surface area contributed by atoms with Crippen molar-refractivity contribution in [1.82, 2.24) is 5.32 Å². The summed E-state index contributed by atoms with van der Waals surface area (Å²) in [7, 11) is 0. The molecule has 0 saturated heterocycles. The Bertz CT molecular complexity index is 155. The minimum Gasteiger partial charge on any atom is -0.317 e. The number of hydrogen-bond acceptors (Lipinski definition) is 2. The number of unbranched alkanes of at least 4 members (excludes halogenated alkanes) is 6. The molecule has 0 aliphatic rings. The van der Waals surface area contributed by atoms with Crippen molar-refractivity contribution in [3.05, 3.63) is 0 Å². The molecule has 1 N–H and O–H groups in total. The van der Waals surface area contributed by atoms with Crippen molar-refractivity contribution in [3.63, 3.8) is 0 Å². The fourth-order valence-electron chi connectivity index (χ4n) is 1.78. The second-order valence-electron chi connectivity index (χ2n) is 4.75. The first-order chi connectivity index (χ1) is 8.41. The van der Waals surface area contributed by atoms with Gasteiger partial charge < -0.3 is 5.32 Å². The lowest BCUT2D eigenvalue weighted by atomic mass is 10.2. The smallest absolute Gasteiger partial charge is 0.0382 e. The van der Waals surface area contributed by atoms with E-state index >= 15 is 0 Å². The van der Waals surface area contributed by atoms with Crippen molar-refractivity contribution in [1.29, 1.82) is 0 Å². The summed E-state index contributed by atoms with van der Waals surface area (Å²) in [6.07, 6.45) is 13.8. The Labute approximate surface area is 108 Å². The van der Waals surface area contributed by atoms with E-state index in [0.29, 0.717) is 0 Å². The van der Waals surface area contributed by atoms with Crippen LogP contribution in [-0.4, -0.2) is 25.8 Å². The highest BCUT2D eigenvalue weighted by molar-refractivity contribution is 5.56. The summed E-state index contributed by atoms with van der Waals surface area (Å²) >= 11 is 0. The quantitative estimate of drug-likeness (QED) is 0.379. The zero-order valence-electron chi connectivity index (χ0n) is 12.0. The van der Waals surface area contributed by atoms with Crippen molar-refractivity contribution >= 4 is 6.21 Å². The lowest BCUT2D eigenvalue weighted by Crippen LogP contribution is -2.16. The summed E-state index contributed by atoms with van der Waals surface area (Å²) in [5, 5.41) is 3.52. The van der Waals surface area contributed by atoms with Crippen molar-refractivity contribution in [2.75, 3.05) is 19.6 Å². The molecule has 0 saturated carbocycles. The molecular weight excluding hydrogens is 208 g/mol. The Balaban J connectivity index is 2.94. The summed E-state index contributed by atoms with van der Waals surface area (Å²) in [5.74, 6) is 0. The van der Waals surface area contributed by atoms with E-state index in [1.807, 2.05) is 0 Å². The highest BCUT2D eigenvalue weighted by Crippen LogP contribution is 1.99. The van der Waals surface area contributed by atoms with Crippen LogP contribution < -0.4 is 5.32 Å². The van der Waals surface area contributed by atoms with Gasteiger partial charge in [0, 0.05) is 6.54 Å². The third-order valence-electron chi connectivity index (χ3n) is 2.88. The summed E-state index contributed by atoms with van der Waals surface area (Å²) in [6, 6.07) is 0. The lowest BCUT2D eigenvalue weighted by Gasteiger charge is -2.03. The van der Waals surface area contributed by atoms with E-state index in [9.17, 15) is 0 Å². The molecule has 0 fully saturated rings. The lowest BCUT2D eigenvalue weighted by molar-refractivity contribution is 0.570. The third-order valence-corrected chi connectivity index (χ3v) is 2.88. The number of aliphatic imine (C=N–C) groups is 1. The maximum Gasteiger partial charge on any atom is 0.0382 e. The molecule has 0 rings (SSSR count). The van der Waals surface area contributed by atoms with Gasteiger partial charge >= 0.3 is 0 Å². The van der Waals surface area contributed by atoms with Gasteiger partial charge in [0.1, 0.15) is 0 Å². The average molecular weight is 240 g/mol. The molecule has 0 aromatic rings. The number of rotatable bonds is 13. The monoisotopic (exact) mass is 240 g/mol. The Hall–Kier alpha value is -0.370. The van der Waals surface area contributed by atoms with Crippen LogP contribution in [0.5, 0.6) is 0 Å². The zero-order valence-corrected chi connectivity index (χ0v) is 12.0. The third kappa shape index (κ3) is 15.6. The van der Waals surface area contributed by atoms with Crippen LogP contribution in [0.2, 0.25) is 0 Å². The van der Waals surface area contributed by atoms with Gasteiger partial charge in [-0.1, -0.05) is 39.5 Å². The standard InChI is InChI=1S/C15H32N2/c1-3-5-6-9-14-17-15-11-8-7-10-13-16-12-4-2/h13,17H,3-12,14-15H2,1-2H3. The SMILES string of the molecule is CCCCCCNCCCCCC=NCCC. The van der Waals surface area contributed by atoms with Crippen LogP contribution >= 0.6 is 0 Å². The molecule has 0 bridgehead atoms. The maximum absolute atomic E-state index is 4.32. The highest BCUT2D eigenvalue weighted by Gasteiger charge is 1.90. The molecule has 102 valence electrons. The van der Waals surface area contributed by atoms with Crippen LogP contribution in [0.15, 0.2) is 4.99 Å². The fraction of sp³-hybridized carbons (Fsp3) is 0.933. The van der Waals surface area contributed by atoms with Gasteiger partial charge in [-0.05, 0) is 51.4 Å². The normalized spacial score (nSPS) is 11.4. The van der Waals surface area contributed by atoms with Crippen molar-refractivity contribution in [2.24, 2.45) is 4.99 Å². The summed E-state index contributed by atoms with van der Waals surface area (Å²) in [6.45, 7) is 7.83. The van der Waals surface area contributed by atoms with E-state index < -0.39 is 0 Å². The van der Waals surface area contributed by atoms with Crippen molar-refractivity contribution in [3.8, 4) is 0 Å². The molecule has 0 heterocycles. The molecule has 2 nitrogen and oxygen atoms in total. The summed E-state index contributed by atoms with van der Waals surface area (Å²) in [5.41, 5.74) is 0. The first-order valence-corrected chi connectivity index (χ1v) is 7.60. The summed E-state index contributed by atoms with van der Waals surface area (Å²) in [4.78, 5) is 4.32. The van der Waals surface area contributed by atoms with E-state index in [4.69, 9.17) is 0 Å². The van der Waals surface area contributed by atoms with Gasteiger partial charge in [-0.3, -0.25) is 4.99 Å². The molecule has 2 heteroatoms. The van der Waals surface area contributed by atoms with E-state index in [2.05, 4.69) is 30.4 Å². The molecule has 17 heavy (non-hydrogen) atoms. The largest absolute Gasteiger partial charge is 0.317 e. The Kier molecular flexibility index (Phi) is 15.3. The van der Waals surface area contributed by atoms with Crippen LogP contribution in [0.25, 0.3) is 0 Å². The van der Waals surface area contributed by atoms with Gasteiger partial charge in [-0.15, -0.1) is 0 Å². The second-order valence-corrected chi connectivity index (χ2v) is 4.75. The molecule has 0 spiro atoms. The topological polar surface area (TPSA) is 24.4 Å². The van der Waals surface area contributed by atoms with Gasteiger partial charge in [0.2, 0.25) is 0 Å². The minimum absolute atomic E-state index is 0.999. The molecule has 0 aliphatic heterocycles. The molecule has 0 atom stereocenters. The second kappa shape index (κ2) is 15.6. The number of hydrogen-bond donors (Lipinski definition) is 1. The van der Waals surface area contributed by atoms with Crippen LogP contribution in [-0.2, 0) is 0 Å². The number of nitrogens with zero attached hydrogens (tertiary/aromatic N) is 1. The van der Waals surface area contributed by atoms with Gasteiger partial charge in [0.25, 0.3) is 0 Å². The molecule has 0 unspecified atom stereocenters. The van der Waals surface area contributed by atoms with Crippen molar-refractivity contribution in [2.45, 2.75) is 71.6 Å². The van der Waals surface area contributed by atoms with Crippen LogP contribution in [0.1, 0.15) is 71.6 Å². The number of nitrogens with one attached hydrogen (secondary N) is 1. The van der Waals surface area contributed by atoms with Gasteiger partial charge in [-0.25, -0.2) is 0 Å². The Morgan fingerprint density at radius 1 is 0.824 bits per heavy atom. The Morgan fingerprint density at radius 3 is 2.18 bits per heavy atom. The van der Waals surface area contributed by atoms with E-state index in [1.54, 1.807) is 0 Å². The average Bonchev–Trinajstić information content (AvgIpc) is 2.35. The molecule has 0 aromatic heterocycles. The van der Waals surface area contributed by atoms with Gasteiger partial charge in [0.05, 0.1) is 0 Å². The van der Waals surface area contributed by atoms with E-state index in [0.717, 1.165) is 13.0 Å². The maximum atomic E-state index is 4.32. The summed E-state index contributed by atoms with van der Waals surface area (Å²) < 4.78 is 0. The fourth-order valence-corrected chi connectivity index (χ4v) is 1.78. The molecule has 0 aliphatic carbocycles. The highest BCUT2D eigenvalue weighted by atomic mass is 14.8. The van der Waals surface area contributed by atoms with E-state index in [1.165, 1.54) is 64.5 Å².